The molecule has 0 spiro atoms. The summed E-state index contributed by atoms with van der Waals surface area (Å²) in [6.07, 6.45) is 0.817. The monoisotopic (exact) mass is 421 g/mol. The van der Waals surface area contributed by atoms with Crippen LogP contribution in [0.25, 0.3) is 0 Å². The summed E-state index contributed by atoms with van der Waals surface area (Å²) < 4.78 is 0. The van der Waals surface area contributed by atoms with Crippen molar-refractivity contribution in [2.45, 2.75) is 33.1 Å². The highest BCUT2D eigenvalue weighted by Gasteiger charge is 2.45. The fraction of sp³-hybridized carbons (Fsp3) is 0.400. The molecule has 164 valence electrons. The zero-order chi connectivity index (χ0) is 22.4. The second kappa shape index (κ2) is 10.2. The van der Waals surface area contributed by atoms with Gasteiger partial charge in [-0.2, -0.15) is 0 Å². The van der Waals surface area contributed by atoms with Crippen molar-refractivity contribution in [1.29, 1.82) is 0 Å². The molecule has 0 radical (unpaired) electrons. The standard InChI is InChI=1S/C25H31N3O3/c1-17(2)15-28(25(31)22-13-21(22)19-9-5-4-6-10-19)16-24(30)26-14-23(29)27-20-11-7-8-18(3)12-20/h4-12,17,21-22H,13-16H2,1-3H3,(H,26,30)(H,27,29). The number of hydrogen-bond donors (Lipinski definition) is 2. The SMILES string of the molecule is Cc1cccc(NC(=O)CNC(=O)CN(CC(C)C)C(=O)C2CC2c2ccccc2)c1. The van der Waals surface area contributed by atoms with E-state index in [-0.39, 0.29) is 48.6 Å². The fourth-order valence-corrected chi connectivity index (χ4v) is 3.78. The second-order valence-corrected chi connectivity index (χ2v) is 8.67. The molecule has 6 heteroatoms. The molecule has 2 unspecified atom stereocenters. The summed E-state index contributed by atoms with van der Waals surface area (Å²) >= 11 is 0. The van der Waals surface area contributed by atoms with Gasteiger partial charge in [0.25, 0.3) is 0 Å². The van der Waals surface area contributed by atoms with Gasteiger partial charge in [-0.15, -0.1) is 0 Å². The zero-order valence-corrected chi connectivity index (χ0v) is 18.4. The Balaban J connectivity index is 1.51. The van der Waals surface area contributed by atoms with Gasteiger partial charge in [0.2, 0.25) is 17.7 Å². The number of carbonyl (C=O) groups is 3. The van der Waals surface area contributed by atoms with Gasteiger partial charge in [-0.3, -0.25) is 14.4 Å². The Bertz CT molecular complexity index is 927. The van der Waals surface area contributed by atoms with Crippen molar-refractivity contribution < 1.29 is 14.4 Å². The van der Waals surface area contributed by atoms with E-state index in [9.17, 15) is 14.4 Å². The van der Waals surface area contributed by atoms with Gasteiger partial charge >= 0.3 is 0 Å². The molecule has 0 aliphatic heterocycles. The van der Waals surface area contributed by atoms with E-state index in [2.05, 4.69) is 10.6 Å². The molecule has 6 nitrogen and oxygen atoms in total. The van der Waals surface area contributed by atoms with Crippen LogP contribution < -0.4 is 10.6 Å². The maximum absolute atomic E-state index is 13.0. The molecule has 3 amide bonds. The van der Waals surface area contributed by atoms with Gasteiger partial charge in [-0.05, 0) is 48.4 Å². The van der Waals surface area contributed by atoms with Crippen molar-refractivity contribution in [1.82, 2.24) is 10.2 Å². The Morgan fingerprint density at radius 3 is 2.45 bits per heavy atom. The van der Waals surface area contributed by atoms with Crippen LogP contribution in [0, 0.1) is 18.8 Å². The first-order valence-corrected chi connectivity index (χ1v) is 10.8. The number of nitrogens with one attached hydrogen (secondary N) is 2. The second-order valence-electron chi connectivity index (χ2n) is 8.67. The molecule has 1 aliphatic carbocycles. The third-order valence-corrected chi connectivity index (χ3v) is 5.31. The van der Waals surface area contributed by atoms with E-state index in [1.54, 1.807) is 11.0 Å². The highest BCUT2D eigenvalue weighted by atomic mass is 16.2. The first kappa shape index (κ1) is 22.5. The van der Waals surface area contributed by atoms with E-state index in [4.69, 9.17) is 0 Å². The van der Waals surface area contributed by atoms with E-state index in [0.717, 1.165) is 12.0 Å². The number of anilines is 1. The lowest BCUT2D eigenvalue weighted by Crippen LogP contribution is -2.44. The predicted molar refractivity (Wildman–Crippen MR) is 122 cm³/mol. The Hall–Kier alpha value is -3.15. The summed E-state index contributed by atoms with van der Waals surface area (Å²) in [5.74, 6) is -0.209. The molecule has 0 heterocycles. The Morgan fingerprint density at radius 1 is 1.03 bits per heavy atom. The summed E-state index contributed by atoms with van der Waals surface area (Å²) in [6, 6.07) is 17.5. The molecule has 1 fully saturated rings. The molecule has 31 heavy (non-hydrogen) atoms. The van der Waals surface area contributed by atoms with Gasteiger partial charge in [-0.1, -0.05) is 56.3 Å². The third-order valence-electron chi connectivity index (χ3n) is 5.31. The molecule has 1 aliphatic rings. The average molecular weight is 422 g/mol. The normalized spacial score (nSPS) is 17.2. The number of rotatable bonds is 9. The minimum Gasteiger partial charge on any atom is -0.345 e. The van der Waals surface area contributed by atoms with Crippen LogP contribution in [0.3, 0.4) is 0 Å². The first-order valence-electron chi connectivity index (χ1n) is 10.8. The van der Waals surface area contributed by atoms with Crippen LogP contribution >= 0.6 is 0 Å². The van der Waals surface area contributed by atoms with Crippen molar-refractivity contribution in [2.24, 2.45) is 11.8 Å². The smallest absolute Gasteiger partial charge is 0.243 e. The van der Waals surface area contributed by atoms with Crippen LogP contribution in [-0.2, 0) is 14.4 Å². The van der Waals surface area contributed by atoms with Crippen molar-refractivity contribution in [3.05, 3.63) is 65.7 Å². The minimum atomic E-state index is -0.328. The maximum Gasteiger partial charge on any atom is 0.243 e. The van der Waals surface area contributed by atoms with Crippen LogP contribution in [0.2, 0.25) is 0 Å². The largest absolute Gasteiger partial charge is 0.345 e. The number of aryl methyl sites for hydroxylation is 1. The highest BCUT2D eigenvalue weighted by molar-refractivity contribution is 5.95. The Kier molecular flexibility index (Phi) is 7.45. The number of carbonyl (C=O) groups excluding carboxylic acids is 3. The van der Waals surface area contributed by atoms with Gasteiger partial charge in [0.15, 0.2) is 0 Å². The maximum atomic E-state index is 13.0. The van der Waals surface area contributed by atoms with Crippen LogP contribution in [0.4, 0.5) is 5.69 Å². The number of benzene rings is 2. The van der Waals surface area contributed by atoms with Crippen LogP contribution in [0.15, 0.2) is 54.6 Å². The molecular formula is C25H31N3O3. The van der Waals surface area contributed by atoms with Gasteiger partial charge in [0, 0.05) is 18.2 Å². The lowest BCUT2D eigenvalue weighted by Gasteiger charge is -2.24. The molecular weight excluding hydrogens is 390 g/mol. The first-order chi connectivity index (χ1) is 14.8. The van der Waals surface area contributed by atoms with Crippen LogP contribution in [0.5, 0.6) is 0 Å². The molecule has 2 atom stereocenters. The van der Waals surface area contributed by atoms with Gasteiger partial charge in [0.05, 0.1) is 13.1 Å². The summed E-state index contributed by atoms with van der Waals surface area (Å²) in [4.78, 5) is 39.3. The summed E-state index contributed by atoms with van der Waals surface area (Å²) in [5, 5.41) is 5.40. The van der Waals surface area contributed by atoms with Crippen LogP contribution in [-0.4, -0.2) is 42.3 Å². The number of amides is 3. The van der Waals surface area contributed by atoms with E-state index < -0.39 is 0 Å². The lowest BCUT2D eigenvalue weighted by molar-refractivity contribution is -0.137. The van der Waals surface area contributed by atoms with Crippen molar-refractivity contribution in [3.8, 4) is 0 Å². The average Bonchev–Trinajstić information content (AvgIpc) is 3.52. The van der Waals surface area contributed by atoms with Gasteiger partial charge in [0.1, 0.15) is 0 Å². The topological polar surface area (TPSA) is 78.5 Å². The van der Waals surface area contributed by atoms with E-state index in [0.29, 0.717) is 12.2 Å². The molecule has 2 N–H and O–H groups in total. The minimum absolute atomic E-state index is 0.0157. The molecule has 2 aromatic carbocycles. The van der Waals surface area contributed by atoms with E-state index in [1.807, 2.05) is 69.3 Å². The Morgan fingerprint density at radius 2 is 1.77 bits per heavy atom. The molecule has 0 saturated heterocycles. The summed E-state index contributed by atoms with van der Waals surface area (Å²) in [5.41, 5.74) is 2.90. The van der Waals surface area contributed by atoms with Gasteiger partial charge < -0.3 is 15.5 Å². The molecule has 3 rings (SSSR count). The van der Waals surface area contributed by atoms with Crippen molar-refractivity contribution in [3.63, 3.8) is 0 Å². The summed E-state index contributed by atoms with van der Waals surface area (Å²) in [7, 11) is 0. The van der Waals surface area contributed by atoms with Gasteiger partial charge in [-0.25, -0.2) is 0 Å². The van der Waals surface area contributed by atoms with Crippen molar-refractivity contribution >= 4 is 23.4 Å². The van der Waals surface area contributed by atoms with Crippen LogP contribution in [0.1, 0.15) is 37.3 Å². The highest BCUT2D eigenvalue weighted by Crippen LogP contribution is 2.48. The Labute approximate surface area is 184 Å². The molecule has 2 aromatic rings. The fourth-order valence-electron chi connectivity index (χ4n) is 3.78. The number of nitrogens with zero attached hydrogens (tertiary/aromatic N) is 1. The third kappa shape index (κ3) is 6.67. The molecule has 1 saturated carbocycles. The lowest BCUT2D eigenvalue weighted by atomic mass is 10.1. The predicted octanol–water partition coefficient (Wildman–Crippen LogP) is 3.34. The number of hydrogen-bond acceptors (Lipinski definition) is 3. The van der Waals surface area contributed by atoms with E-state index >= 15 is 0 Å². The zero-order valence-electron chi connectivity index (χ0n) is 18.4. The summed E-state index contributed by atoms with van der Waals surface area (Å²) in [6.45, 7) is 6.34. The molecule has 0 bridgehead atoms. The quantitative estimate of drug-likeness (QED) is 0.652. The molecule has 0 aromatic heterocycles. The van der Waals surface area contributed by atoms with Crippen molar-refractivity contribution in [2.75, 3.05) is 25.0 Å². The van der Waals surface area contributed by atoms with E-state index in [1.165, 1.54) is 5.56 Å².